The van der Waals surface area contributed by atoms with Gasteiger partial charge >= 0.3 is 7.82 Å². The molecule has 0 spiro atoms. The van der Waals surface area contributed by atoms with Crippen molar-refractivity contribution in [3.05, 3.63) is 71.8 Å². The highest BCUT2D eigenvalue weighted by Crippen LogP contribution is 2.37. The van der Waals surface area contributed by atoms with Gasteiger partial charge in [-0.1, -0.05) is 60.7 Å². The second-order valence-electron chi connectivity index (χ2n) is 5.70. The fourth-order valence-electron chi connectivity index (χ4n) is 2.54. The van der Waals surface area contributed by atoms with Crippen LogP contribution < -0.4 is 0 Å². The molecule has 0 amide bonds. The SMILES string of the molecule is O=P(O)(O)OCC(CCc1ccccc1)CCc1ccccc1. The molecule has 2 aromatic carbocycles. The fraction of sp³-hybridized carbons (Fsp3) is 0.333. The summed E-state index contributed by atoms with van der Waals surface area (Å²) in [5.74, 6) is 0.114. The lowest BCUT2D eigenvalue weighted by Crippen LogP contribution is -2.11. The Morgan fingerprint density at radius 2 is 1.26 bits per heavy atom. The van der Waals surface area contributed by atoms with Gasteiger partial charge in [-0.25, -0.2) is 4.57 Å². The van der Waals surface area contributed by atoms with Crippen LogP contribution in [0.2, 0.25) is 0 Å². The van der Waals surface area contributed by atoms with Crippen LogP contribution in [0.3, 0.4) is 0 Å². The maximum Gasteiger partial charge on any atom is 0.469 e. The van der Waals surface area contributed by atoms with Crippen LogP contribution in [0.15, 0.2) is 60.7 Å². The minimum Gasteiger partial charge on any atom is -0.303 e. The molecule has 0 aliphatic heterocycles. The van der Waals surface area contributed by atoms with Crippen LogP contribution >= 0.6 is 7.82 Å². The van der Waals surface area contributed by atoms with Crippen LogP contribution in [0.5, 0.6) is 0 Å². The third kappa shape index (κ3) is 7.58. The summed E-state index contributed by atoms with van der Waals surface area (Å²) in [7, 11) is -4.41. The van der Waals surface area contributed by atoms with E-state index in [0.717, 1.165) is 25.7 Å². The lowest BCUT2D eigenvalue weighted by atomic mass is 9.94. The molecule has 4 nitrogen and oxygen atoms in total. The number of hydrogen-bond donors (Lipinski definition) is 2. The van der Waals surface area contributed by atoms with Gasteiger partial charge in [0.05, 0.1) is 6.61 Å². The van der Waals surface area contributed by atoms with Gasteiger partial charge in [-0.2, -0.15) is 0 Å². The number of hydrogen-bond acceptors (Lipinski definition) is 2. The lowest BCUT2D eigenvalue weighted by molar-refractivity contribution is 0.160. The van der Waals surface area contributed by atoms with Gasteiger partial charge < -0.3 is 9.79 Å². The zero-order valence-corrected chi connectivity index (χ0v) is 13.9. The minimum absolute atomic E-state index is 0.0872. The van der Waals surface area contributed by atoms with Crippen molar-refractivity contribution in [1.82, 2.24) is 0 Å². The average Bonchev–Trinajstić information content (AvgIpc) is 2.55. The predicted octanol–water partition coefficient (Wildman–Crippen LogP) is 3.98. The smallest absolute Gasteiger partial charge is 0.303 e. The Balaban J connectivity index is 1.89. The molecule has 0 atom stereocenters. The highest BCUT2D eigenvalue weighted by Gasteiger charge is 2.18. The summed E-state index contributed by atoms with van der Waals surface area (Å²) in [6, 6.07) is 20.2. The largest absolute Gasteiger partial charge is 0.469 e. The number of phosphoric ester groups is 1. The van der Waals surface area contributed by atoms with Gasteiger partial charge in [0, 0.05) is 0 Å². The Bertz CT molecular complexity index is 566. The van der Waals surface area contributed by atoms with E-state index in [1.165, 1.54) is 11.1 Å². The average molecular weight is 334 g/mol. The van der Waals surface area contributed by atoms with E-state index in [1.807, 2.05) is 36.4 Å². The van der Waals surface area contributed by atoms with Crippen molar-refractivity contribution in [2.24, 2.45) is 5.92 Å². The van der Waals surface area contributed by atoms with E-state index in [4.69, 9.17) is 14.3 Å². The number of aryl methyl sites for hydroxylation is 2. The standard InChI is InChI=1S/C18H23O4P/c19-23(20,21)22-15-18(13-11-16-7-3-1-4-8-16)14-12-17-9-5-2-6-10-17/h1-10,18H,11-15H2,(H2,19,20,21). The molecular weight excluding hydrogens is 311 g/mol. The molecule has 0 fully saturated rings. The van der Waals surface area contributed by atoms with E-state index < -0.39 is 7.82 Å². The number of rotatable bonds is 9. The Morgan fingerprint density at radius 3 is 1.65 bits per heavy atom. The van der Waals surface area contributed by atoms with Crippen LogP contribution in [0, 0.1) is 5.92 Å². The first-order valence-electron chi connectivity index (χ1n) is 7.81. The summed E-state index contributed by atoms with van der Waals surface area (Å²) in [5.41, 5.74) is 2.46. The molecule has 0 bridgehead atoms. The van der Waals surface area contributed by atoms with Crippen LogP contribution in [-0.4, -0.2) is 16.4 Å². The van der Waals surface area contributed by atoms with Gasteiger partial charge in [-0.15, -0.1) is 0 Å². The quantitative estimate of drug-likeness (QED) is 0.681. The van der Waals surface area contributed by atoms with Crippen LogP contribution in [0.25, 0.3) is 0 Å². The molecule has 2 rings (SSSR count). The van der Waals surface area contributed by atoms with Crippen molar-refractivity contribution in [3.63, 3.8) is 0 Å². The molecule has 23 heavy (non-hydrogen) atoms. The predicted molar refractivity (Wildman–Crippen MR) is 91.0 cm³/mol. The highest BCUT2D eigenvalue weighted by molar-refractivity contribution is 7.46. The van der Waals surface area contributed by atoms with E-state index in [0.29, 0.717) is 0 Å². The summed E-state index contributed by atoms with van der Waals surface area (Å²) >= 11 is 0. The first kappa shape index (κ1) is 17.9. The van der Waals surface area contributed by atoms with E-state index in [2.05, 4.69) is 24.3 Å². The molecule has 5 heteroatoms. The normalized spacial score (nSPS) is 11.8. The molecular formula is C18H23O4P. The first-order chi connectivity index (χ1) is 11.0. The molecule has 0 saturated heterocycles. The molecule has 0 aliphatic carbocycles. The second-order valence-corrected chi connectivity index (χ2v) is 6.94. The summed E-state index contributed by atoms with van der Waals surface area (Å²) in [5, 5.41) is 0. The zero-order valence-electron chi connectivity index (χ0n) is 13.0. The number of benzene rings is 2. The van der Waals surface area contributed by atoms with E-state index in [-0.39, 0.29) is 12.5 Å². The molecule has 0 unspecified atom stereocenters. The van der Waals surface area contributed by atoms with Crippen molar-refractivity contribution in [1.29, 1.82) is 0 Å². The number of phosphoric acid groups is 1. The van der Waals surface area contributed by atoms with Crippen molar-refractivity contribution >= 4 is 7.82 Å². The zero-order chi connectivity index (χ0) is 16.5. The molecule has 124 valence electrons. The van der Waals surface area contributed by atoms with Crippen LogP contribution in [-0.2, 0) is 21.9 Å². The second kappa shape index (κ2) is 8.99. The molecule has 2 N–H and O–H groups in total. The minimum atomic E-state index is -4.41. The third-order valence-electron chi connectivity index (χ3n) is 3.85. The highest BCUT2D eigenvalue weighted by atomic mass is 31.2. The van der Waals surface area contributed by atoms with Crippen molar-refractivity contribution in [2.75, 3.05) is 6.61 Å². The van der Waals surface area contributed by atoms with Gasteiger partial charge in [0.1, 0.15) is 0 Å². The van der Waals surface area contributed by atoms with E-state index in [9.17, 15) is 4.57 Å². The van der Waals surface area contributed by atoms with Crippen molar-refractivity contribution in [3.8, 4) is 0 Å². The Hall–Kier alpha value is -1.45. The van der Waals surface area contributed by atoms with Gasteiger partial charge in [-0.3, -0.25) is 4.52 Å². The Kier molecular flexibility index (Phi) is 7.00. The Morgan fingerprint density at radius 1 is 0.826 bits per heavy atom. The maximum atomic E-state index is 11.0. The topological polar surface area (TPSA) is 66.8 Å². The summed E-state index contributed by atoms with van der Waals surface area (Å²) < 4.78 is 15.7. The van der Waals surface area contributed by atoms with Crippen molar-refractivity contribution < 1.29 is 18.9 Å². The Labute approximate surface area is 137 Å². The van der Waals surface area contributed by atoms with E-state index >= 15 is 0 Å². The van der Waals surface area contributed by atoms with Gasteiger partial charge in [0.2, 0.25) is 0 Å². The summed E-state index contributed by atoms with van der Waals surface area (Å²) in [4.78, 5) is 17.9. The molecule has 0 aliphatic rings. The molecule has 0 saturated carbocycles. The van der Waals surface area contributed by atoms with E-state index in [1.54, 1.807) is 0 Å². The molecule has 0 radical (unpaired) electrons. The van der Waals surface area contributed by atoms with Gasteiger partial charge in [0.15, 0.2) is 0 Å². The summed E-state index contributed by atoms with van der Waals surface area (Å²) in [6.45, 7) is 0.0872. The first-order valence-corrected chi connectivity index (χ1v) is 9.34. The summed E-state index contributed by atoms with van der Waals surface area (Å²) in [6.07, 6.45) is 3.45. The fourth-order valence-corrected chi connectivity index (χ4v) is 2.95. The van der Waals surface area contributed by atoms with Crippen LogP contribution in [0.1, 0.15) is 24.0 Å². The molecule has 0 aromatic heterocycles. The lowest BCUT2D eigenvalue weighted by Gasteiger charge is -2.17. The van der Waals surface area contributed by atoms with Gasteiger partial charge in [0.25, 0.3) is 0 Å². The molecule has 2 aromatic rings. The van der Waals surface area contributed by atoms with Crippen molar-refractivity contribution in [2.45, 2.75) is 25.7 Å². The van der Waals surface area contributed by atoms with Gasteiger partial charge in [-0.05, 0) is 42.7 Å². The third-order valence-corrected chi connectivity index (χ3v) is 4.33. The molecule has 0 heterocycles. The monoisotopic (exact) mass is 334 g/mol. The van der Waals surface area contributed by atoms with Crippen LogP contribution in [0.4, 0.5) is 0 Å². The maximum absolute atomic E-state index is 11.0.